The monoisotopic (exact) mass is 316 g/mol. The van der Waals surface area contributed by atoms with E-state index in [4.69, 9.17) is 4.55 Å². The molecule has 2 aromatic rings. The summed E-state index contributed by atoms with van der Waals surface area (Å²) in [5, 5.41) is -1.17. The molecule has 22 heavy (non-hydrogen) atoms. The number of benzene rings is 2. The van der Waals surface area contributed by atoms with Gasteiger partial charge in [-0.15, -0.1) is 0 Å². The molecule has 0 saturated carbocycles. The highest BCUT2D eigenvalue weighted by Gasteiger charge is 2.30. The first-order valence-corrected chi connectivity index (χ1v) is 8.09. The molecule has 0 spiro atoms. The van der Waals surface area contributed by atoms with E-state index in [1.165, 1.54) is 25.1 Å². The summed E-state index contributed by atoms with van der Waals surface area (Å²) in [5.41, 5.74) is 1.32. The van der Waals surface area contributed by atoms with Crippen LogP contribution in [0.1, 0.15) is 49.6 Å². The van der Waals surface area contributed by atoms with Crippen molar-refractivity contribution in [1.82, 2.24) is 0 Å². The van der Waals surface area contributed by atoms with E-state index in [1.807, 2.05) is 0 Å². The van der Waals surface area contributed by atoms with Crippen LogP contribution in [-0.4, -0.2) is 24.5 Å². The van der Waals surface area contributed by atoms with Crippen molar-refractivity contribution in [3.8, 4) is 0 Å². The molecule has 2 aromatic carbocycles. The third kappa shape index (κ3) is 2.17. The lowest BCUT2D eigenvalue weighted by Gasteiger charge is -2.19. The van der Waals surface area contributed by atoms with Crippen LogP contribution >= 0.6 is 0 Å². The molecule has 1 aliphatic carbocycles. The third-order valence-corrected chi connectivity index (χ3v) is 5.03. The Hall–Kier alpha value is -2.31. The second-order valence-corrected chi connectivity index (χ2v) is 6.90. The van der Waals surface area contributed by atoms with Crippen LogP contribution < -0.4 is 0 Å². The molecule has 0 fully saturated rings. The molecule has 0 aliphatic heterocycles. The van der Waals surface area contributed by atoms with Crippen LogP contribution in [-0.2, 0) is 10.1 Å². The fourth-order valence-electron chi connectivity index (χ4n) is 2.54. The molecule has 112 valence electrons. The molecule has 5 nitrogen and oxygen atoms in total. The van der Waals surface area contributed by atoms with Crippen LogP contribution in [0.15, 0.2) is 42.5 Å². The average Bonchev–Trinajstić information content (AvgIpc) is 2.50. The summed E-state index contributed by atoms with van der Waals surface area (Å²) in [6.45, 7) is 1.32. The minimum absolute atomic E-state index is 0.164. The first-order valence-electron chi connectivity index (χ1n) is 6.59. The summed E-state index contributed by atoms with van der Waals surface area (Å²) in [7, 11) is -4.27. The molecular weight excluding hydrogens is 304 g/mol. The standard InChI is InChI=1S/C16H12O5S/c1-9(22(19,20)21)10-6-7-13-14(8-10)16(18)12-5-3-2-4-11(12)15(13)17/h2-9H,1H3,(H,19,20,21). The predicted octanol–water partition coefficient (Wildman–Crippen LogP) is 2.41. The SMILES string of the molecule is CC(c1ccc2c(c1)C(=O)c1ccccc1C2=O)S(=O)(=O)O. The number of rotatable bonds is 2. The molecule has 0 aromatic heterocycles. The number of ketones is 2. The predicted molar refractivity (Wildman–Crippen MR) is 79.7 cm³/mol. The van der Waals surface area contributed by atoms with E-state index in [0.29, 0.717) is 11.1 Å². The van der Waals surface area contributed by atoms with Gasteiger partial charge in [0.25, 0.3) is 10.1 Å². The van der Waals surface area contributed by atoms with Crippen LogP contribution in [0, 0.1) is 0 Å². The zero-order valence-corrected chi connectivity index (χ0v) is 12.4. The van der Waals surface area contributed by atoms with Crippen molar-refractivity contribution in [1.29, 1.82) is 0 Å². The van der Waals surface area contributed by atoms with E-state index in [2.05, 4.69) is 0 Å². The normalized spacial score (nSPS) is 15.2. The topological polar surface area (TPSA) is 88.5 Å². The zero-order valence-electron chi connectivity index (χ0n) is 11.6. The quantitative estimate of drug-likeness (QED) is 0.733. The van der Waals surface area contributed by atoms with Gasteiger partial charge in [0.2, 0.25) is 0 Å². The van der Waals surface area contributed by atoms with Gasteiger partial charge in [-0.1, -0.05) is 30.3 Å². The summed E-state index contributed by atoms with van der Waals surface area (Å²) < 4.78 is 31.6. The molecule has 0 radical (unpaired) electrons. The van der Waals surface area contributed by atoms with Crippen LogP contribution in [0.4, 0.5) is 0 Å². The molecule has 0 amide bonds. The fourth-order valence-corrected chi connectivity index (χ4v) is 3.03. The van der Waals surface area contributed by atoms with Gasteiger partial charge < -0.3 is 0 Å². The summed E-state index contributed by atoms with van der Waals surface area (Å²) in [6.07, 6.45) is 0. The second-order valence-electron chi connectivity index (χ2n) is 5.17. The Morgan fingerprint density at radius 2 is 1.36 bits per heavy atom. The maximum Gasteiger partial charge on any atom is 0.271 e. The molecule has 1 atom stereocenters. The van der Waals surface area contributed by atoms with Crippen molar-refractivity contribution in [3.05, 3.63) is 70.3 Å². The van der Waals surface area contributed by atoms with E-state index in [9.17, 15) is 18.0 Å². The molecule has 6 heteroatoms. The highest BCUT2D eigenvalue weighted by atomic mass is 32.2. The van der Waals surface area contributed by atoms with Crippen molar-refractivity contribution < 1.29 is 22.6 Å². The van der Waals surface area contributed by atoms with E-state index in [-0.39, 0.29) is 28.3 Å². The molecule has 1 aliphatic rings. The number of hydrogen-bond donors (Lipinski definition) is 1. The van der Waals surface area contributed by atoms with Gasteiger partial charge in [0, 0.05) is 22.3 Å². The smallest absolute Gasteiger partial charge is 0.271 e. The van der Waals surface area contributed by atoms with Crippen LogP contribution in [0.2, 0.25) is 0 Å². The van der Waals surface area contributed by atoms with Gasteiger partial charge in [-0.3, -0.25) is 14.1 Å². The Bertz CT molecular complexity index is 912. The summed E-state index contributed by atoms with van der Waals surface area (Å²) in [4.78, 5) is 24.9. The lowest BCUT2D eigenvalue weighted by atomic mass is 9.83. The molecule has 0 saturated heterocycles. The van der Waals surface area contributed by atoms with Crippen molar-refractivity contribution in [3.63, 3.8) is 0 Å². The van der Waals surface area contributed by atoms with Crippen molar-refractivity contribution >= 4 is 21.7 Å². The maximum atomic E-state index is 12.5. The number of carbonyl (C=O) groups is 2. The Morgan fingerprint density at radius 1 is 0.864 bits per heavy atom. The van der Waals surface area contributed by atoms with E-state index in [1.54, 1.807) is 24.3 Å². The minimum Gasteiger partial charge on any atom is -0.289 e. The highest BCUT2D eigenvalue weighted by molar-refractivity contribution is 7.86. The molecule has 0 heterocycles. The van der Waals surface area contributed by atoms with E-state index in [0.717, 1.165) is 0 Å². The summed E-state index contributed by atoms with van der Waals surface area (Å²) >= 11 is 0. The molecule has 1 unspecified atom stereocenters. The molecule has 3 rings (SSSR count). The largest absolute Gasteiger partial charge is 0.289 e. The summed E-state index contributed by atoms with van der Waals surface area (Å²) in [6, 6.07) is 10.7. The Morgan fingerprint density at radius 3 is 1.91 bits per heavy atom. The van der Waals surface area contributed by atoms with Gasteiger partial charge in [0.1, 0.15) is 5.25 Å². The van der Waals surface area contributed by atoms with Crippen LogP contribution in [0.5, 0.6) is 0 Å². The number of fused-ring (bicyclic) bond motifs is 2. The molecular formula is C16H12O5S. The van der Waals surface area contributed by atoms with Gasteiger partial charge in [-0.25, -0.2) is 0 Å². The number of hydrogen-bond acceptors (Lipinski definition) is 4. The molecule has 0 bridgehead atoms. The second kappa shape index (κ2) is 4.86. The Kier molecular flexibility index (Phi) is 3.23. The van der Waals surface area contributed by atoms with Gasteiger partial charge >= 0.3 is 0 Å². The highest BCUT2D eigenvalue weighted by Crippen LogP contribution is 2.30. The van der Waals surface area contributed by atoms with Crippen LogP contribution in [0.3, 0.4) is 0 Å². The van der Waals surface area contributed by atoms with Gasteiger partial charge in [-0.05, 0) is 24.6 Å². The number of carbonyl (C=O) groups excluding carboxylic acids is 2. The van der Waals surface area contributed by atoms with E-state index >= 15 is 0 Å². The maximum absolute atomic E-state index is 12.5. The fraction of sp³-hybridized carbons (Fsp3) is 0.125. The average molecular weight is 316 g/mol. The van der Waals surface area contributed by atoms with Crippen LogP contribution in [0.25, 0.3) is 0 Å². The van der Waals surface area contributed by atoms with Gasteiger partial charge in [0.15, 0.2) is 11.6 Å². The van der Waals surface area contributed by atoms with E-state index < -0.39 is 15.4 Å². The van der Waals surface area contributed by atoms with Crippen molar-refractivity contribution in [2.45, 2.75) is 12.2 Å². The van der Waals surface area contributed by atoms with Crippen molar-refractivity contribution in [2.24, 2.45) is 0 Å². The lowest BCUT2D eigenvalue weighted by molar-refractivity contribution is 0.0979. The van der Waals surface area contributed by atoms with Gasteiger partial charge in [-0.2, -0.15) is 8.42 Å². The third-order valence-electron chi connectivity index (χ3n) is 3.87. The first kappa shape index (κ1) is 14.6. The zero-order chi connectivity index (χ0) is 16.1. The molecule has 1 N–H and O–H groups in total. The Labute approximate surface area is 127 Å². The first-order chi connectivity index (χ1) is 10.3. The van der Waals surface area contributed by atoms with Gasteiger partial charge in [0.05, 0.1) is 0 Å². The Balaban J connectivity index is 2.18. The minimum atomic E-state index is -4.27. The van der Waals surface area contributed by atoms with Crippen molar-refractivity contribution in [2.75, 3.05) is 0 Å². The lowest BCUT2D eigenvalue weighted by Crippen LogP contribution is -2.21. The summed E-state index contributed by atoms with van der Waals surface area (Å²) in [5.74, 6) is -0.592.